The molecule has 0 heterocycles. The molecule has 0 aliphatic carbocycles. The highest BCUT2D eigenvalue weighted by Crippen LogP contribution is 2.12. The first kappa shape index (κ1) is 21.9. The standard InChI is InChI=1S/C20H43NO/c1-4-6-7-8-9-10-11-12-13-14-15-16-18-21(5-2)19-17-20-22-3/h4-20H2,1-3H3. The number of hydrogen-bond acceptors (Lipinski definition) is 2. The van der Waals surface area contributed by atoms with Gasteiger partial charge in [0.15, 0.2) is 0 Å². The van der Waals surface area contributed by atoms with Crippen LogP contribution in [0.15, 0.2) is 0 Å². The molecular formula is C20H43NO. The highest BCUT2D eigenvalue weighted by molar-refractivity contribution is 4.56. The Kier molecular flexibility index (Phi) is 18.9. The van der Waals surface area contributed by atoms with E-state index in [2.05, 4.69) is 18.7 Å². The first-order valence-corrected chi connectivity index (χ1v) is 10.1. The monoisotopic (exact) mass is 313 g/mol. The molecule has 2 nitrogen and oxygen atoms in total. The molecule has 2 heteroatoms. The van der Waals surface area contributed by atoms with Crippen LogP contribution in [0, 0.1) is 0 Å². The highest BCUT2D eigenvalue weighted by Gasteiger charge is 2.01. The number of rotatable bonds is 18. The number of hydrogen-bond donors (Lipinski definition) is 0. The molecule has 0 spiro atoms. The summed E-state index contributed by atoms with van der Waals surface area (Å²) >= 11 is 0. The fourth-order valence-corrected chi connectivity index (χ4v) is 3.04. The zero-order valence-corrected chi connectivity index (χ0v) is 15.9. The minimum absolute atomic E-state index is 0.898. The fraction of sp³-hybridized carbons (Fsp3) is 1.00. The van der Waals surface area contributed by atoms with E-state index in [4.69, 9.17) is 4.74 Å². The Balaban J connectivity index is 3.18. The van der Waals surface area contributed by atoms with E-state index in [0.717, 1.165) is 6.61 Å². The average Bonchev–Trinajstić information content (AvgIpc) is 2.54. The molecule has 0 N–H and O–H groups in total. The smallest absolute Gasteiger partial charge is 0.0474 e. The van der Waals surface area contributed by atoms with E-state index in [1.165, 1.54) is 103 Å². The van der Waals surface area contributed by atoms with E-state index in [0.29, 0.717) is 0 Å². The van der Waals surface area contributed by atoms with Crippen molar-refractivity contribution in [3.05, 3.63) is 0 Å². The van der Waals surface area contributed by atoms with Gasteiger partial charge < -0.3 is 9.64 Å². The molecule has 134 valence electrons. The van der Waals surface area contributed by atoms with Crippen LogP contribution in [0.5, 0.6) is 0 Å². The summed E-state index contributed by atoms with van der Waals surface area (Å²) in [6.45, 7) is 9.11. The van der Waals surface area contributed by atoms with Crippen molar-refractivity contribution in [1.82, 2.24) is 4.90 Å². The van der Waals surface area contributed by atoms with Crippen molar-refractivity contribution in [2.45, 2.75) is 97.3 Å². The highest BCUT2D eigenvalue weighted by atomic mass is 16.5. The van der Waals surface area contributed by atoms with Gasteiger partial charge in [-0.15, -0.1) is 0 Å². The summed E-state index contributed by atoms with van der Waals surface area (Å²) in [5.74, 6) is 0. The molecule has 22 heavy (non-hydrogen) atoms. The van der Waals surface area contributed by atoms with Gasteiger partial charge in [-0.3, -0.25) is 0 Å². The molecule has 0 radical (unpaired) electrons. The Bertz CT molecular complexity index is 196. The summed E-state index contributed by atoms with van der Waals surface area (Å²) in [6, 6.07) is 0. The largest absolute Gasteiger partial charge is 0.385 e. The van der Waals surface area contributed by atoms with E-state index in [1.54, 1.807) is 7.11 Å². The molecule has 0 rings (SSSR count). The van der Waals surface area contributed by atoms with E-state index >= 15 is 0 Å². The van der Waals surface area contributed by atoms with Crippen molar-refractivity contribution in [1.29, 1.82) is 0 Å². The van der Waals surface area contributed by atoms with Crippen LogP contribution in [-0.4, -0.2) is 38.3 Å². The van der Waals surface area contributed by atoms with Gasteiger partial charge in [0.05, 0.1) is 0 Å². The Labute approximate surface area is 141 Å². The Morgan fingerprint density at radius 1 is 0.591 bits per heavy atom. The van der Waals surface area contributed by atoms with Crippen LogP contribution in [0.4, 0.5) is 0 Å². The fourth-order valence-electron chi connectivity index (χ4n) is 3.04. The predicted molar refractivity (Wildman–Crippen MR) is 99.7 cm³/mol. The summed E-state index contributed by atoms with van der Waals surface area (Å²) in [6.07, 6.45) is 18.4. The molecule has 0 aromatic heterocycles. The zero-order valence-electron chi connectivity index (χ0n) is 15.9. The molecule has 0 aliphatic rings. The number of methoxy groups -OCH3 is 1. The molecule has 0 unspecified atom stereocenters. The maximum absolute atomic E-state index is 5.13. The number of ether oxygens (including phenoxy) is 1. The molecule has 0 bridgehead atoms. The van der Waals surface area contributed by atoms with Gasteiger partial charge in [-0.2, -0.15) is 0 Å². The zero-order chi connectivity index (χ0) is 16.3. The van der Waals surface area contributed by atoms with Crippen molar-refractivity contribution >= 4 is 0 Å². The Morgan fingerprint density at radius 3 is 1.50 bits per heavy atom. The molecule has 0 atom stereocenters. The quantitative estimate of drug-likeness (QED) is 0.286. The first-order chi connectivity index (χ1) is 10.8. The molecule has 0 saturated heterocycles. The van der Waals surface area contributed by atoms with Crippen molar-refractivity contribution in [2.75, 3.05) is 33.4 Å². The number of nitrogens with zero attached hydrogens (tertiary/aromatic N) is 1. The summed E-state index contributed by atoms with van der Waals surface area (Å²) in [5.41, 5.74) is 0. The summed E-state index contributed by atoms with van der Waals surface area (Å²) in [4.78, 5) is 2.56. The second-order valence-electron chi connectivity index (χ2n) is 6.67. The topological polar surface area (TPSA) is 12.5 Å². The molecule has 0 aromatic rings. The maximum Gasteiger partial charge on any atom is 0.0474 e. The second-order valence-corrected chi connectivity index (χ2v) is 6.67. The lowest BCUT2D eigenvalue weighted by Crippen LogP contribution is -2.26. The van der Waals surface area contributed by atoms with E-state index in [1.807, 2.05) is 0 Å². The minimum Gasteiger partial charge on any atom is -0.385 e. The van der Waals surface area contributed by atoms with Crippen LogP contribution in [0.3, 0.4) is 0 Å². The summed E-state index contributed by atoms with van der Waals surface area (Å²) < 4.78 is 5.13. The van der Waals surface area contributed by atoms with Crippen LogP contribution in [0.25, 0.3) is 0 Å². The van der Waals surface area contributed by atoms with Crippen LogP contribution in [0.2, 0.25) is 0 Å². The third-order valence-corrected chi connectivity index (χ3v) is 4.60. The Morgan fingerprint density at radius 2 is 1.05 bits per heavy atom. The molecule has 0 aliphatic heterocycles. The van der Waals surface area contributed by atoms with Crippen molar-refractivity contribution in [3.8, 4) is 0 Å². The SMILES string of the molecule is CCCCCCCCCCCCCCN(CC)CCCOC. The first-order valence-electron chi connectivity index (χ1n) is 10.1. The van der Waals surface area contributed by atoms with Gasteiger partial charge in [0.25, 0.3) is 0 Å². The van der Waals surface area contributed by atoms with Gasteiger partial charge in [-0.25, -0.2) is 0 Å². The van der Waals surface area contributed by atoms with Gasteiger partial charge >= 0.3 is 0 Å². The average molecular weight is 314 g/mol. The molecule has 0 saturated carbocycles. The van der Waals surface area contributed by atoms with Gasteiger partial charge in [-0.05, 0) is 25.9 Å². The van der Waals surface area contributed by atoms with Crippen LogP contribution in [-0.2, 0) is 4.74 Å². The minimum atomic E-state index is 0.898. The lowest BCUT2D eigenvalue weighted by atomic mass is 10.1. The number of unbranched alkanes of at least 4 members (excludes halogenated alkanes) is 11. The van der Waals surface area contributed by atoms with Crippen molar-refractivity contribution < 1.29 is 4.74 Å². The second kappa shape index (κ2) is 19.0. The summed E-state index contributed by atoms with van der Waals surface area (Å²) in [7, 11) is 1.79. The van der Waals surface area contributed by atoms with E-state index in [-0.39, 0.29) is 0 Å². The summed E-state index contributed by atoms with van der Waals surface area (Å²) in [5, 5.41) is 0. The molecule has 0 amide bonds. The van der Waals surface area contributed by atoms with Gasteiger partial charge in [0, 0.05) is 20.3 Å². The predicted octanol–water partition coefficient (Wildman–Crippen LogP) is 6.05. The molecular weight excluding hydrogens is 270 g/mol. The normalized spacial score (nSPS) is 11.5. The third kappa shape index (κ3) is 16.3. The maximum atomic E-state index is 5.13. The molecule has 0 aromatic carbocycles. The third-order valence-electron chi connectivity index (χ3n) is 4.60. The van der Waals surface area contributed by atoms with Crippen LogP contribution in [0.1, 0.15) is 97.3 Å². The molecule has 0 fully saturated rings. The van der Waals surface area contributed by atoms with Gasteiger partial charge in [-0.1, -0.05) is 84.5 Å². The lowest BCUT2D eigenvalue weighted by Gasteiger charge is -2.19. The van der Waals surface area contributed by atoms with Crippen LogP contribution < -0.4 is 0 Å². The van der Waals surface area contributed by atoms with Gasteiger partial charge in [0.2, 0.25) is 0 Å². The van der Waals surface area contributed by atoms with Crippen LogP contribution >= 0.6 is 0 Å². The lowest BCUT2D eigenvalue weighted by molar-refractivity contribution is 0.173. The van der Waals surface area contributed by atoms with Gasteiger partial charge in [0.1, 0.15) is 0 Å². The van der Waals surface area contributed by atoms with E-state index in [9.17, 15) is 0 Å². The van der Waals surface area contributed by atoms with E-state index < -0.39 is 0 Å². The van der Waals surface area contributed by atoms with Crippen molar-refractivity contribution in [2.24, 2.45) is 0 Å². The van der Waals surface area contributed by atoms with Crippen molar-refractivity contribution in [3.63, 3.8) is 0 Å². The Hall–Kier alpha value is -0.0800.